The zero-order chi connectivity index (χ0) is 23.7. The van der Waals surface area contributed by atoms with Crippen LogP contribution in [0.1, 0.15) is 5.56 Å². The number of piperazine rings is 1. The maximum Gasteiger partial charge on any atom is 0.573 e. The van der Waals surface area contributed by atoms with Crippen molar-refractivity contribution in [2.45, 2.75) is 12.9 Å². The van der Waals surface area contributed by atoms with E-state index in [1.165, 1.54) is 30.6 Å². The van der Waals surface area contributed by atoms with Crippen LogP contribution in [0.4, 0.5) is 23.4 Å². The SMILES string of the molecule is Fc1ccc(-c2cc3c(N4CCN(Cc5cccc(OC(F)(F)F)c5)CC4)ncnc3[nH]2)cc1. The van der Waals surface area contributed by atoms with Crippen LogP contribution >= 0.6 is 0 Å². The summed E-state index contributed by atoms with van der Waals surface area (Å²) in [4.78, 5) is 16.5. The lowest BCUT2D eigenvalue weighted by molar-refractivity contribution is -0.274. The third-order valence-electron chi connectivity index (χ3n) is 5.77. The third kappa shape index (κ3) is 4.96. The summed E-state index contributed by atoms with van der Waals surface area (Å²) in [7, 11) is 0. The van der Waals surface area contributed by atoms with Gasteiger partial charge in [0, 0.05) is 38.4 Å². The van der Waals surface area contributed by atoms with E-state index in [4.69, 9.17) is 0 Å². The van der Waals surface area contributed by atoms with Crippen molar-refractivity contribution >= 4 is 16.9 Å². The van der Waals surface area contributed by atoms with E-state index in [1.54, 1.807) is 24.3 Å². The minimum Gasteiger partial charge on any atom is -0.406 e. The fourth-order valence-corrected chi connectivity index (χ4v) is 4.18. The van der Waals surface area contributed by atoms with Crippen molar-refractivity contribution in [3.05, 3.63) is 72.3 Å². The van der Waals surface area contributed by atoms with Crippen LogP contribution in [0.3, 0.4) is 0 Å². The summed E-state index contributed by atoms with van der Waals surface area (Å²) >= 11 is 0. The molecule has 0 spiro atoms. The van der Waals surface area contributed by atoms with Crippen molar-refractivity contribution in [2.75, 3.05) is 31.1 Å². The van der Waals surface area contributed by atoms with Crippen molar-refractivity contribution in [3.8, 4) is 17.0 Å². The Balaban J connectivity index is 1.27. The minimum absolute atomic E-state index is 0.212. The molecule has 1 fully saturated rings. The highest BCUT2D eigenvalue weighted by Gasteiger charge is 2.31. The van der Waals surface area contributed by atoms with Gasteiger partial charge in [-0.1, -0.05) is 12.1 Å². The summed E-state index contributed by atoms with van der Waals surface area (Å²) in [5, 5.41) is 0.882. The maximum atomic E-state index is 13.3. The number of anilines is 1. The van der Waals surface area contributed by atoms with Gasteiger partial charge in [-0.25, -0.2) is 14.4 Å². The van der Waals surface area contributed by atoms with Gasteiger partial charge in [-0.05, 0) is 53.6 Å². The number of hydrogen-bond donors (Lipinski definition) is 1. The molecule has 10 heteroatoms. The predicted octanol–water partition coefficient (Wildman–Crippen LogP) is 4.98. The normalized spacial score (nSPS) is 15.1. The molecule has 0 bridgehead atoms. The third-order valence-corrected chi connectivity index (χ3v) is 5.77. The van der Waals surface area contributed by atoms with Crippen molar-refractivity contribution < 1.29 is 22.3 Å². The fraction of sp³-hybridized carbons (Fsp3) is 0.250. The number of aromatic nitrogens is 3. The first-order valence-corrected chi connectivity index (χ1v) is 10.8. The highest BCUT2D eigenvalue weighted by molar-refractivity contribution is 5.91. The fourth-order valence-electron chi connectivity index (χ4n) is 4.18. The van der Waals surface area contributed by atoms with Gasteiger partial charge in [-0.3, -0.25) is 4.90 Å². The van der Waals surface area contributed by atoms with Crippen LogP contribution in [0.5, 0.6) is 5.75 Å². The second kappa shape index (κ2) is 8.94. The second-order valence-electron chi connectivity index (χ2n) is 8.11. The standard InChI is InChI=1S/C24H21F4N5O/c25-18-6-4-17(5-7-18)21-13-20-22(31-21)29-15-30-23(20)33-10-8-32(9-11-33)14-16-2-1-3-19(12-16)34-24(26,27)28/h1-7,12-13,15H,8-11,14H2,(H,29,30,31). The maximum absolute atomic E-state index is 13.3. The lowest BCUT2D eigenvalue weighted by atomic mass is 10.1. The van der Waals surface area contributed by atoms with Crippen LogP contribution in [-0.2, 0) is 6.54 Å². The first-order valence-electron chi connectivity index (χ1n) is 10.8. The molecule has 176 valence electrons. The molecule has 0 atom stereocenters. The number of fused-ring (bicyclic) bond motifs is 1. The number of ether oxygens (including phenoxy) is 1. The Labute approximate surface area is 192 Å². The molecule has 3 heterocycles. The summed E-state index contributed by atoms with van der Waals surface area (Å²) in [5.41, 5.74) is 3.14. The molecule has 0 radical (unpaired) electrons. The van der Waals surface area contributed by atoms with Gasteiger partial charge in [-0.15, -0.1) is 13.2 Å². The molecule has 1 aliphatic heterocycles. The molecule has 0 unspecified atom stereocenters. The molecule has 2 aromatic carbocycles. The summed E-state index contributed by atoms with van der Waals surface area (Å²) in [6.07, 6.45) is -3.19. The average Bonchev–Trinajstić information content (AvgIpc) is 3.24. The molecule has 4 aromatic rings. The number of nitrogens with one attached hydrogen (secondary N) is 1. The van der Waals surface area contributed by atoms with Crippen molar-refractivity contribution in [1.82, 2.24) is 19.9 Å². The molecule has 34 heavy (non-hydrogen) atoms. The van der Waals surface area contributed by atoms with E-state index in [2.05, 4.69) is 29.5 Å². The van der Waals surface area contributed by atoms with E-state index in [0.717, 1.165) is 41.1 Å². The van der Waals surface area contributed by atoms with Crippen LogP contribution in [0.25, 0.3) is 22.3 Å². The van der Waals surface area contributed by atoms with Crippen LogP contribution in [-0.4, -0.2) is 52.4 Å². The summed E-state index contributed by atoms with van der Waals surface area (Å²) in [6, 6.07) is 14.3. The lowest BCUT2D eigenvalue weighted by Crippen LogP contribution is -2.46. The first kappa shape index (κ1) is 22.1. The molecule has 1 N–H and O–H groups in total. The molecular weight excluding hydrogens is 450 g/mol. The Bertz CT molecular complexity index is 1280. The quantitative estimate of drug-likeness (QED) is 0.416. The van der Waals surface area contributed by atoms with Crippen LogP contribution in [0, 0.1) is 5.82 Å². The van der Waals surface area contributed by atoms with Gasteiger partial charge in [0.05, 0.1) is 5.39 Å². The molecule has 1 aliphatic rings. The molecule has 0 amide bonds. The van der Waals surface area contributed by atoms with E-state index in [-0.39, 0.29) is 11.6 Å². The number of H-pyrrole nitrogens is 1. The van der Waals surface area contributed by atoms with Gasteiger partial charge in [0.1, 0.15) is 29.4 Å². The van der Waals surface area contributed by atoms with Gasteiger partial charge >= 0.3 is 6.36 Å². The molecule has 1 saturated heterocycles. The largest absolute Gasteiger partial charge is 0.573 e. The monoisotopic (exact) mass is 471 g/mol. The zero-order valence-corrected chi connectivity index (χ0v) is 18.0. The number of hydrogen-bond acceptors (Lipinski definition) is 5. The van der Waals surface area contributed by atoms with Crippen molar-refractivity contribution in [3.63, 3.8) is 0 Å². The topological polar surface area (TPSA) is 57.3 Å². The van der Waals surface area contributed by atoms with Gasteiger partial charge < -0.3 is 14.6 Å². The number of aromatic amines is 1. The predicted molar refractivity (Wildman–Crippen MR) is 120 cm³/mol. The number of halogens is 4. The minimum atomic E-state index is -4.71. The first-order chi connectivity index (χ1) is 16.3. The zero-order valence-electron chi connectivity index (χ0n) is 18.0. The summed E-state index contributed by atoms with van der Waals surface area (Å²) in [6.45, 7) is 3.40. The van der Waals surface area contributed by atoms with E-state index in [0.29, 0.717) is 25.3 Å². The van der Waals surface area contributed by atoms with Crippen molar-refractivity contribution in [2.24, 2.45) is 0 Å². The van der Waals surface area contributed by atoms with Gasteiger partial charge in [-0.2, -0.15) is 0 Å². The molecule has 5 rings (SSSR count). The molecule has 0 aliphatic carbocycles. The molecular formula is C24H21F4N5O. The van der Waals surface area contributed by atoms with Crippen LogP contribution in [0.2, 0.25) is 0 Å². The highest BCUT2D eigenvalue weighted by Crippen LogP contribution is 2.30. The van der Waals surface area contributed by atoms with Gasteiger partial charge in [0.2, 0.25) is 0 Å². The Morgan fingerprint density at radius 3 is 2.44 bits per heavy atom. The van der Waals surface area contributed by atoms with E-state index >= 15 is 0 Å². The Hall–Kier alpha value is -3.66. The number of alkyl halides is 3. The van der Waals surface area contributed by atoms with Gasteiger partial charge in [0.15, 0.2) is 0 Å². The van der Waals surface area contributed by atoms with Crippen molar-refractivity contribution in [1.29, 1.82) is 0 Å². The average molecular weight is 471 g/mol. The molecule has 0 saturated carbocycles. The summed E-state index contributed by atoms with van der Waals surface area (Å²) < 4.78 is 54.8. The van der Waals surface area contributed by atoms with Gasteiger partial charge in [0.25, 0.3) is 0 Å². The Morgan fingerprint density at radius 2 is 1.71 bits per heavy atom. The van der Waals surface area contributed by atoms with E-state index in [1.807, 2.05) is 6.07 Å². The lowest BCUT2D eigenvalue weighted by Gasteiger charge is -2.35. The molecule has 6 nitrogen and oxygen atoms in total. The Kier molecular flexibility index (Phi) is 5.82. The molecule has 2 aromatic heterocycles. The smallest absolute Gasteiger partial charge is 0.406 e. The summed E-state index contributed by atoms with van der Waals surface area (Å²) in [5.74, 6) is 0.309. The number of rotatable bonds is 5. The number of nitrogens with zero attached hydrogens (tertiary/aromatic N) is 4. The Morgan fingerprint density at radius 1 is 0.941 bits per heavy atom. The van der Waals surface area contributed by atoms with Crippen LogP contribution in [0.15, 0.2) is 60.9 Å². The van der Waals surface area contributed by atoms with E-state index < -0.39 is 6.36 Å². The van der Waals surface area contributed by atoms with E-state index in [9.17, 15) is 17.6 Å². The highest BCUT2D eigenvalue weighted by atomic mass is 19.4. The second-order valence-corrected chi connectivity index (χ2v) is 8.11. The van der Waals surface area contributed by atoms with Crippen LogP contribution < -0.4 is 9.64 Å². The number of benzene rings is 2.